The third-order valence-electron chi connectivity index (χ3n) is 4.63. The summed E-state index contributed by atoms with van der Waals surface area (Å²) < 4.78 is 0. The van der Waals surface area contributed by atoms with E-state index in [1.54, 1.807) is 11.1 Å². The molecule has 2 aliphatic carbocycles. The third kappa shape index (κ3) is 2.41. The molecule has 0 nitrogen and oxygen atoms in total. The van der Waals surface area contributed by atoms with Crippen LogP contribution in [0.5, 0.6) is 0 Å². The van der Waals surface area contributed by atoms with Crippen LogP contribution in [0.2, 0.25) is 0 Å². The van der Waals surface area contributed by atoms with Crippen LogP contribution in [0, 0.1) is 0 Å². The molecule has 4 rings (SSSR count). The predicted molar refractivity (Wildman–Crippen MR) is 95.9 cm³/mol. The maximum atomic E-state index is 2.35. The van der Waals surface area contributed by atoms with Gasteiger partial charge in [-0.2, -0.15) is 0 Å². The highest BCUT2D eigenvalue weighted by Gasteiger charge is 2.44. The Morgan fingerprint density at radius 3 is 1.48 bits per heavy atom. The Bertz CT molecular complexity index is 527. The summed E-state index contributed by atoms with van der Waals surface area (Å²) in [5.74, 6) is 0. The van der Waals surface area contributed by atoms with E-state index >= 15 is 0 Å². The zero-order valence-corrected chi connectivity index (χ0v) is 11.9. The summed E-state index contributed by atoms with van der Waals surface area (Å²) in [4.78, 5) is 0. The fourth-order valence-corrected chi connectivity index (χ4v) is 3.93. The van der Waals surface area contributed by atoms with Gasteiger partial charge < -0.3 is 0 Å². The van der Waals surface area contributed by atoms with Crippen molar-refractivity contribution >= 4 is 0 Å². The molecule has 21 heavy (non-hydrogen) atoms. The minimum atomic E-state index is 0. The van der Waals surface area contributed by atoms with Gasteiger partial charge in [0.1, 0.15) is 0 Å². The SMILES string of the molecule is C.C.CC.c1ccc2c(c1)-c1ccccc1C21CCCC1. The van der Waals surface area contributed by atoms with Gasteiger partial charge in [-0.25, -0.2) is 0 Å². The molecule has 0 heterocycles. The quantitative estimate of drug-likeness (QED) is 0.497. The zero-order valence-electron chi connectivity index (χ0n) is 11.9. The van der Waals surface area contributed by atoms with Gasteiger partial charge in [0.25, 0.3) is 0 Å². The topological polar surface area (TPSA) is 0 Å². The standard InChI is InChI=1S/C17H16.C2H6.2CH4/c1-3-9-15-13(7-1)14-8-2-4-10-16(14)17(15)11-5-6-12-17;1-2;;/h1-4,7-10H,5-6,11-12H2;1-2H3;2*1H4. The molecule has 0 heteroatoms. The second kappa shape index (κ2) is 6.93. The van der Waals surface area contributed by atoms with Crippen molar-refractivity contribution in [2.75, 3.05) is 0 Å². The Kier molecular flexibility index (Phi) is 5.78. The van der Waals surface area contributed by atoms with E-state index in [-0.39, 0.29) is 14.9 Å². The Morgan fingerprint density at radius 2 is 1.05 bits per heavy atom. The van der Waals surface area contributed by atoms with E-state index in [0.717, 1.165) is 0 Å². The highest BCUT2D eigenvalue weighted by Crippen LogP contribution is 2.56. The summed E-state index contributed by atoms with van der Waals surface area (Å²) in [6.45, 7) is 4.00. The Hall–Kier alpha value is -1.56. The van der Waals surface area contributed by atoms with E-state index in [1.165, 1.54) is 36.8 Å². The lowest BCUT2D eigenvalue weighted by atomic mass is 9.77. The third-order valence-corrected chi connectivity index (χ3v) is 4.63. The van der Waals surface area contributed by atoms with E-state index in [1.807, 2.05) is 13.8 Å². The summed E-state index contributed by atoms with van der Waals surface area (Å²) in [5, 5.41) is 0. The fourth-order valence-electron chi connectivity index (χ4n) is 3.93. The van der Waals surface area contributed by atoms with Gasteiger partial charge in [0.2, 0.25) is 0 Å². The molecule has 0 unspecified atom stereocenters. The van der Waals surface area contributed by atoms with Crippen LogP contribution >= 0.6 is 0 Å². The second-order valence-electron chi connectivity index (χ2n) is 5.38. The normalized spacial score (nSPS) is 15.9. The van der Waals surface area contributed by atoms with Gasteiger partial charge in [-0.1, -0.05) is 90.1 Å². The van der Waals surface area contributed by atoms with Crippen molar-refractivity contribution < 1.29 is 0 Å². The number of hydrogen-bond acceptors (Lipinski definition) is 0. The highest BCUT2D eigenvalue weighted by atomic mass is 14.5. The molecule has 0 bridgehead atoms. The number of benzene rings is 2. The van der Waals surface area contributed by atoms with Crippen molar-refractivity contribution in [1.29, 1.82) is 0 Å². The zero-order chi connectivity index (χ0) is 13.3. The van der Waals surface area contributed by atoms with E-state index < -0.39 is 0 Å². The van der Waals surface area contributed by atoms with Crippen molar-refractivity contribution in [3.05, 3.63) is 59.7 Å². The summed E-state index contributed by atoms with van der Waals surface area (Å²) in [7, 11) is 0. The molecule has 0 aromatic heterocycles. The molecule has 1 fully saturated rings. The van der Waals surface area contributed by atoms with Crippen LogP contribution in [0.15, 0.2) is 48.5 Å². The van der Waals surface area contributed by atoms with Crippen LogP contribution in [0.4, 0.5) is 0 Å². The molecule has 0 atom stereocenters. The summed E-state index contributed by atoms with van der Waals surface area (Å²) in [6.07, 6.45) is 5.42. The molecular formula is C21H30. The molecule has 114 valence electrons. The van der Waals surface area contributed by atoms with E-state index in [2.05, 4.69) is 48.5 Å². The first-order chi connectivity index (χ1) is 9.42. The molecule has 1 spiro atoms. The summed E-state index contributed by atoms with van der Waals surface area (Å²) in [5.41, 5.74) is 6.47. The number of fused-ring (bicyclic) bond motifs is 5. The first-order valence-corrected chi connectivity index (χ1v) is 7.61. The maximum absolute atomic E-state index is 2.35. The van der Waals surface area contributed by atoms with Gasteiger partial charge in [-0.05, 0) is 35.1 Å². The molecule has 0 saturated heterocycles. The molecule has 2 aromatic rings. The average molecular weight is 282 g/mol. The first kappa shape index (κ1) is 17.5. The molecule has 0 radical (unpaired) electrons. The Morgan fingerprint density at radius 1 is 0.667 bits per heavy atom. The smallest absolute Gasteiger partial charge is 0.0215 e. The molecule has 0 amide bonds. The van der Waals surface area contributed by atoms with Crippen molar-refractivity contribution in [3.8, 4) is 11.1 Å². The Labute approximate surface area is 131 Å². The lowest BCUT2D eigenvalue weighted by Crippen LogP contribution is -2.20. The van der Waals surface area contributed by atoms with Crippen molar-refractivity contribution in [3.63, 3.8) is 0 Å². The van der Waals surface area contributed by atoms with Crippen LogP contribution < -0.4 is 0 Å². The monoisotopic (exact) mass is 282 g/mol. The van der Waals surface area contributed by atoms with Crippen molar-refractivity contribution in [1.82, 2.24) is 0 Å². The number of hydrogen-bond donors (Lipinski definition) is 0. The van der Waals surface area contributed by atoms with Crippen LogP contribution in [-0.4, -0.2) is 0 Å². The van der Waals surface area contributed by atoms with Gasteiger partial charge in [-0.15, -0.1) is 0 Å². The Balaban J connectivity index is 0.000000531. The molecule has 1 saturated carbocycles. The molecule has 0 N–H and O–H groups in total. The highest BCUT2D eigenvalue weighted by molar-refractivity contribution is 5.81. The number of rotatable bonds is 0. The molecule has 0 aliphatic heterocycles. The van der Waals surface area contributed by atoms with Gasteiger partial charge in [-0.3, -0.25) is 0 Å². The first-order valence-electron chi connectivity index (χ1n) is 7.61. The van der Waals surface area contributed by atoms with E-state index in [4.69, 9.17) is 0 Å². The maximum Gasteiger partial charge on any atom is 0.0215 e. The molecular weight excluding hydrogens is 252 g/mol. The fraction of sp³-hybridized carbons (Fsp3) is 0.429. The van der Waals surface area contributed by atoms with Crippen molar-refractivity contribution in [2.45, 2.75) is 59.8 Å². The van der Waals surface area contributed by atoms with Gasteiger partial charge >= 0.3 is 0 Å². The van der Waals surface area contributed by atoms with Crippen LogP contribution in [-0.2, 0) is 5.41 Å². The lowest BCUT2D eigenvalue weighted by Gasteiger charge is -2.26. The van der Waals surface area contributed by atoms with Gasteiger partial charge in [0, 0.05) is 5.41 Å². The second-order valence-corrected chi connectivity index (χ2v) is 5.38. The minimum absolute atomic E-state index is 0. The van der Waals surface area contributed by atoms with Gasteiger partial charge in [0.15, 0.2) is 0 Å². The van der Waals surface area contributed by atoms with Gasteiger partial charge in [0.05, 0.1) is 0 Å². The summed E-state index contributed by atoms with van der Waals surface area (Å²) in [6, 6.07) is 18.0. The summed E-state index contributed by atoms with van der Waals surface area (Å²) >= 11 is 0. The van der Waals surface area contributed by atoms with E-state index in [9.17, 15) is 0 Å². The van der Waals surface area contributed by atoms with E-state index in [0.29, 0.717) is 5.41 Å². The lowest BCUT2D eigenvalue weighted by molar-refractivity contribution is 0.550. The minimum Gasteiger partial charge on any atom is -0.0776 e. The van der Waals surface area contributed by atoms with Crippen LogP contribution in [0.25, 0.3) is 11.1 Å². The predicted octanol–water partition coefficient (Wildman–Crippen LogP) is 6.83. The largest absolute Gasteiger partial charge is 0.0776 e. The van der Waals surface area contributed by atoms with Crippen molar-refractivity contribution in [2.24, 2.45) is 0 Å². The molecule has 2 aliphatic rings. The van der Waals surface area contributed by atoms with Crippen LogP contribution in [0.3, 0.4) is 0 Å². The van der Waals surface area contributed by atoms with Crippen LogP contribution in [0.1, 0.15) is 65.5 Å². The molecule has 2 aromatic carbocycles. The average Bonchev–Trinajstić information content (AvgIpc) is 3.09.